The van der Waals surface area contributed by atoms with Crippen LogP contribution in [0.5, 0.6) is 0 Å². The first-order chi connectivity index (χ1) is 9.92. The molecule has 2 rings (SSSR count). The zero-order valence-corrected chi connectivity index (χ0v) is 13.4. The molecule has 0 heterocycles. The molecular formula is C15H17NO3S2. The summed E-state index contributed by atoms with van der Waals surface area (Å²) in [5.41, 5.74) is 1.07. The molecule has 2 aromatic rings. The Kier molecular flexibility index (Phi) is 4.92. The molecule has 2 N–H and O–H groups in total. The number of hydrogen-bond donors (Lipinski definition) is 2. The van der Waals surface area contributed by atoms with Gasteiger partial charge in [-0.1, -0.05) is 12.1 Å². The fourth-order valence-electron chi connectivity index (χ4n) is 1.81. The van der Waals surface area contributed by atoms with Crippen LogP contribution in [0.1, 0.15) is 18.6 Å². The number of anilines is 1. The predicted molar refractivity (Wildman–Crippen MR) is 86.1 cm³/mol. The van der Waals surface area contributed by atoms with Crippen molar-refractivity contribution in [2.75, 3.05) is 11.0 Å². The van der Waals surface area contributed by atoms with Crippen molar-refractivity contribution in [1.82, 2.24) is 0 Å². The highest BCUT2D eigenvalue weighted by molar-refractivity contribution is 7.98. The Balaban J connectivity index is 2.27. The lowest BCUT2D eigenvalue weighted by Crippen LogP contribution is -2.13. The van der Waals surface area contributed by atoms with Gasteiger partial charge in [-0.25, -0.2) is 8.42 Å². The van der Waals surface area contributed by atoms with Crippen molar-refractivity contribution in [3.05, 3.63) is 54.1 Å². The van der Waals surface area contributed by atoms with E-state index in [1.165, 1.54) is 12.1 Å². The van der Waals surface area contributed by atoms with E-state index in [-0.39, 0.29) is 4.90 Å². The molecule has 0 bridgehead atoms. The van der Waals surface area contributed by atoms with Crippen LogP contribution < -0.4 is 4.72 Å². The maximum Gasteiger partial charge on any atom is 0.261 e. The Morgan fingerprint density at radius 1 is 1.14 bits per heavy atom. The molecule has 0 saturated heterocycles. The quantitative estimate of drug-likeness (QED) is 0.829. The summed E-state index contributed by atoms with van der Waals surface area (Å²) in [7, 11) is -3.66. The molecule has 4 nitrogen and oxygen atoms in total. The van der Waals surface area contributed by atoms with Gasteiger partial charge in [-0.2, -0.15) is 0 Å². The maximum atomic E-state index is 12.3. The molecule has 112 valence electrons. The van der Waals surface area contributed by atoms with E-state index in [1.54, 1.807) is 43.0 Å². The molecule has 0 aliphatic rings. The summed E-state index contributed by atoms with van der Waals surface area (Å²) in [6.07, 6.45) is 1.25. The summed E-state index contributed by atoms with van der Waals surface area (Å²) in [5, 5.41) is 9.54. The summed E-state index contributed by atoms with van der Waals surface area (Å²) in [5.74, 6) is 0. The monoisotopic (exact) mass is 323 g/mol. The van der Waals surface area contributed by atoms with Crippen molar-refractivity contribution in [2.45, 2.75) is 22.8 Å². The summed E-state index contributed by atoms with van der Waals surface area (Å²) in [6.45, 7) is 1.60. The van der Waals surface area contributed by atoms with Gasteiger partial charge in [-0.15, -0.1) is 11.8 Å². The highest BCUT2D eigenvalue weighted by atomic mass is 32.2. The minimum absolute atomic E-state index is 0.134. The van der Waals surface area contributed by atoms with Crippen LogP contribution in [-0.2, 0) is 10.0 Å². The smallest absolute Gasteiger partial charge is 0.261 e. The predicted octanol–water partition coefficient (Wildman–Crippen LogP) is 3.26. The first kappa shape index (κ1) is 15.9. The third-order valence-electron chi connectivity index (χ3n) is 2.99. The topological polar surface area (TPSA) is 66.4 Å². The Morgan fingerprint density at radius 2 is 1.81 bits per heavy atom. The van der Waals surface area contributed by atoms with Crippen molar-refractivity contribution in [3.8, 4) is 0 Å². The number of sulfonamides is 1. The molecule has 21 heavy (non-hydrogen) atoms. The summed E-state index contributed by atoms with van der Waals surface area (Å²) in [4.78, 5) is 1.20. The second-order valence-corrected chi connectivity index (χ2v) is 7.14. The number of rotatable bonds is 5. The minimum Gasteiger partial charge on any atom is -0.389 e. The van der Waals surface area contributed by atoms with E-state index in [0.717, 1.165) is 4.90 Å². The summed E-state index contributed by atoms with van der Waals surface area (Å²) in [6, 6.07) is 13.4. The fourth-order valence-corrected chi connectivity index (χ4v) is 3.34. The van der Waals surface area contributed by atoms with E-state index in [9.17, 15) is 13.5 Å². The van der Waals surface area contributed by atoms with E-state index in [1.807, 2.05) is 18.4 Å². The molecular weight excluding hydrogens is 306 g/mol. The lowest BCUT2D eigenvalue weighted by Gasteiger charge is -2.11. The van der Waals surface area contributed by atoms with E-state index in [4.69, 9.17) is 0 Å². The van der Waals surface area contributed by atoms with Gasteiger partial charge in [0.15, 0.2) is 0 Å². The van der Waals surface area contributed by atoms with Gasteiger partial charge in [0.1, 0.15) is 0 Å². The highest BCUT2D eigenvalue weighted by Crippen LogP contribution is 2.22. The molecule has 0 aromatic heterocycles. The van der Waals surface area contributed by atoms with Crippen LogP contribution in [0.3, 0.4) is 0 Å². The van der Waals surface area contributed by atoms with Gasteiger partial charge in [-0.05, 0) is 55.1 Å². The molecule has 0 radical (unpaired) electrons. The highest BCUT2D eigenvalue weighted by Gasteiger charge is 2.15. The molecule has 6 heteroatoms. The number of hydrogen-bond acceptors (Lipinski definition) is 4. The molecule has 0 spiro atoms. The first-order valence-electron chi connectivity index (χ1n) is 6.37. The van der Waals surface area contributed by atoms with Gasteiger partial charge in [0.05, 0.1) is 11.0 Å². The molecule has 0 saturated carbocycles. The lowest BCUT2D eigenvalue weighted by molar-refractivity contribution is 0.199. The van der Waals surface area contributed by atoms with Crippen molar-refractivity contribution in [1.29, 1.82) is 0 Å². The number of thioether (sulfide) groups is 1. The average Bonchev–Trinajstić information content (AvgIpc) is 2.48. The van der Waals surface area contributed by atoms with Crippen molar-refractivity contribution >= 4 is 27.5 Å². The zero-order chi connectivity index (χ0) is 15.5. The largest absolute Gasteiger partial charge is 0.389 e. The van der Waals surface area contributed by atoms with Gasteiger partial charge in [0.25, 0.3) is 10.0 Å². The first-order valence-corrected chi connectivity index (χ1v) is 9.08. The van der Waals surface area contributed by atoms with Crippen LogP contribution in [0.4, 0.5) is 5.69 Å². The van der Waals surface area contributed by atoms with Crippen LogP contribution in [-0.4, -0.2) is 19.8 Å². The lowest BCUT2D eigenvalue weighted by atomic mass is 10.1. The van der Waals surface area contributed by atoms with E-state index in [0.29, 0.717) is 11.3 Å². The Morgan fingerprint density at radius 3 is 2.38 bits per heavy atom. The van der Waals surface area contributed by atoms with Crippen LogP contribution >= 0.6 is 11.8 Å². The third kappa shape index (κ3) is 4.00. The van der Waals surface area contributed by atoms with Crippen LogP contribution in [0, 0.1) is 0 Å². The second kappa shape index (κ2) is 6.51. The standard InChI is InChI=1S/C15H17NO3S2/c1-11(17)12-4-3-5-15(10-12)21(18,19)16-13-6-8-14(20-2)9-7-13/h3-11,16-17H,1-2H3. The Bertz CT molecular complexity index is 710. The molecule has 0 fully saturated rings. The van der Waals surface area contributed by atoms with E-state index in [2.05, 4.69) is 4.72 Å². The Labute approximate surface area is 129 Å². The Hall–Kier alpha value is -1.50. The van der Waals surface area contributed by atoms with Crippen molar-refractivity contribution < 1.29 is 13.5 Å². The number of nitrogens with one attached hydrogen (secondary N) is 1. The van der Waals surface area contributed by atoms with Gasteiger partial charge < -0.3 is 5.11 Å². The average molecular weight is 323 g/mol. The number of aliphatic hydroxyl groups is 1. The van der Waals surface area contributed by atoms with Gasteiger partial charge in [-0.3, -0.25) is 4.72 Å². The summed E-state index contributed by atoms with van der Waals surface area (Å²) >= 11 is 1.59. The zero-order valence-electron chi connectivity index (χ0n) is 11.8. The summed E-state index contributed by atoms with van der Waals surface area (Å²) < 4.78 is 27.2. The maximum absolute atomic E-state index is 12.3. The minimum atomic E-state index is -3.66. The van der Waals surface area contributed by atoms with Crippen molar-refractivity contribution in [3.63, 3.8) is 0 Å². The van der Waals surface area contributed by atoms with Gasteiger partial charge in [0.2, 0.25) is 0 Å². The molecule has 0 aliphatic heterocycles. The van der Waals surface area contributed by atoms with Gasteiger partial charge in [0, 0.05) is 10.6 Å². The SMILES string of the molecule is CSc1ccc(NS(=O)(=O)c2cccc(C(C)O)c2)cc1. The van der Waals surface area contributed by atoms with Crippen molar-refractivity contribution in [2.24, 2.45) is 0 Å². The third-order valence-corrected chi connectivity index (χ3v) is 5.12. The van der Waals surface area contributed by atoms with Crippen LogP contribution in [0.2, 0.25) is 0 Å². The molecule has 2 aromatic carbocycles. The van der Waals surface area contributed by atoms with E-state index < -0.39 is 16.1 Å². The molecule has 0 aliphatic carbocycles. The number of aliphatic hydroxyl groups excluding tert-OH is 1. The van der Waals surface area contributed by atoms with Gasteiger partial charge >= 0.3 is 0 Å². The fraction of sp³-hybridized carbons (Fsp3) is 0.200. The van der Waals surface area contributed by atoms with E-state index >= 15 is 0 Å². The van der Waals surface area contributed by atoms with Crippen LogP contribution in [0.15, 0.2) is 58.3 Å². The normalized spacial score (nSPS) is 12.9. The van der Waals surface area contributed by atoms with Crippen LogP contribution in [0.25, 0.3) is 0 Å². The molecule has 0 amide bonds. The number of benzene rings is 2. The molecule has 1 unspecified atom stereocenters. The second-order valence-electron chi connectivity index (χ2n) is 4.58. The molecule has 1 atom stereocenters.